The van der Waals surface area contributed by atoms with Crippen molar-refractivity contribution in [3.8, 4) is 0 Å². The van der Waals surface area contributed by atoms with Crippen LogP contribution >= 0.6 is 0 Å². The lowest BCUT2D eigenvalue weighted by atomic mass is 10.3. The van der Waals surface area contributed by atoms with E-state index in [1.807, 2.05) is 6.07 Å². The van der Waals surface area contributed by atoms with E-state index < -0.39 is 0 Å². The fourth-order valence-corrected chi connectivity index (χ4v) is 1.62. The Balaban J connectivity index is 2.04. The standard InChI is InChI=1S/C14H25N3/c1-16(2)12-13-17(3)11-7-10-15-14-8-5-4-6-9-14/h4-6,8-9,15H,7,10-13H2,1-3H3. The molecule has 0 amide bonds. The largest absolute Gasteiger partial charge is 0.385 e. The van der Waals surface area contributed by atoms with E-state index in [2.05, 4.69) is 60.5 Å². The van der Waals surface area contributed by atoms with Crippen molar-refractivity contribution in [3.63, 3.8) is 0 Å². The van der Waals surface area contributed by atoms with Gasteiger partial charge in [-0.1, -0.05) is 18.2 Å². The molecule has 96 valence electrons. The predicted molar refractivity (Wildman–Crippen MR) is 75.6 cm³/mol. The number of likely N-dealkylation sites (N-methyl/N-ethyl adjacent to an activating group) is 2. The molecule has 0 aromatic heterocycles. The monoisotopic (exact) mass is 235 g/mol. The second-order valence-electron chi connectivity index (χ2n) is 4.75. The van der Waals surface area contributed by atoms with Crippen molar-refractivity contribution in [2.75, 3.05) is 52.6 Å². The fourth-order valence-electron chi connectivity index (χ4n) is 1.62. The molecule has 0 saturated heterocycles. The summed E-state index contributed by atoms with van der Waals surface area (Å²) in [5.74, 6) is 0. The summed E-state index contributed by atoms with van der Waals surface area (Å²) in [6.07, 6.45) is 1.18. The Hall–Kier alpha value is -1.06. The molecule has 3 heteroatoms. The van der Waals surface area contributed by atoms with Gasteiger partial charge in [-0.3, -0.25) is 0 Å². The highest BCUT2D eigenvalue weighted by Crippen LogP contribution is 2.04. The summed E-state index contributed by atoms with van der Waals surface area (Å²) in [6, 6.07) is 10.4. The number of hydrogen-bond donors (Lipinski definition) is 1. The second kappa shape index (κ2) is 8.09. The highest BCUT2D eigenvalue weighted by molar-refractivity contribution is 5.42. The molecule has 0 aliphatic heterocycles. The summed E-state index contributed by atoms with van der Waals surface area (Å²) in [4.78, 5) is 4.60. The van der Waals surface area contributed by atoms with Crippen LogP contribution in [0.25, 0.3) is 0 Å². The molecule has 17 heavy (non-hydrogen) atoms. The summed E-state index contributed by atoms with van der Waals surface area (Å²) in [7, 11) is 6.42. The highest BCUT2D eigenvalue weighted by atomic mass is 15.1. The first-order valence-corrected chi connectivity index (χ1v) is 6.30. The van der Waals surface area contributed by atoms with Crippen LogP contribution < -0.4 is 5.32 Å². The molecule has 0 bridgehead atoms. The summed E-state index contributed by atoms with van der Waals surface area (Å²) >= 11 is 0. The van der Waals surface area contributed by atoms with Gasteiger partial charge in [0, 0.05) is 25.3 Å². The van der Waals surface area contributed by atoms with Crippen molar-refractivity contribution in [2.24, 2.45) is 0 Å². The van der Waals surface area contributed by atoms with E-state index in [1.54, 1.807) is 0 Å². The molecule has 0 aliphatic carbocycles. The normalized spacial score (nSPS) is 11.1. The molecule has 1 N–H and O–H groups in total. The minimum Gasteiger partial charge on any atom is -0.385 e. The van der Waals surface area contributed by atoms with Gasteiger partial charge in [-0.2, -0.15) is 0 Å². The average Bonchev–Trinajstić information content (AvgIpc) is 2.33. The van der Waals surface area contributed by atoms with Gasteiger partial charge in [-0.25, -0.2) is 0 Å². The molecule has 0 aliphatic rings. The van der Waals surface area contributed by atoms with Crippen molar-refractivity contribution in [2.45, 2.75) is 6.42 Å². The van der Waals surface area contributed by atoms with Crippen LogP contribution in [-0.2, 0) is 0 Å². The molecule has 0 heterocycles. The van der Waals surface area contributed by atoms with E-state index >= 15 is 0 Å². The molecular weight excluding hydrogens is 210 g/mol. The molecule has 0 saturated carbocycles. The number of anilines is 1. The molecule has 0 spiro atoms. The topological polar surface area (TPSA) is 18.5 Å². The summed E-state index contributed by atoms with van der Waals surface area (Å²) in [5, 5.41) is 3.43. The van der Waals surface area contributed by atoms with Gasteiger partial charge in [-0.15, -0.1) is 0 Å². The van der Waals surface area contributed by atoms with Gasteiger partial charge in [0.25, 0.3) is 0 Å². The van der Waals surface area contributed by atoms with Crippen LogP contribution in [0.2, 0.25) is 0 Å². The minimum absolute atomic E-state index is 1.04. The number of nitrogens with one attached hydrogen (secondary N) is 1. The first kappa shape index (κ1) is 14.0. The molecule has 0 radical (unpaired) electrons. The highest BCUT2D eigenvalue weighted by Gasteiger charge is 1.98. The SMILES string of the molecule is CN(C)CCN(C)CCCNc1ccccc1. The number of hydrogen-bond acceptors (Lipinski definition) is 3. The molecular formula is C14H25N3. The molecule has 1 aromatic rings. The average molecular weight is 235 g/mol. The maximum atomic E-state index is 3.43. The third kappa shape index (κ3) is 6.97. The lowest BCUT2D eigenvalue weighted by Crippen LogP contribution is -2.30. The fraction of sp³-hybridized carbons (Fsp3) is 0.571. The Kier molecular flexibility index (Phi) is 6.67. The van der Waals surface area contributed by atoms with E-state index in [1.165, 1.54) is 12.1 Å². The van der Waals surface area contributed by atoms with Crippen LogP contribution in [0, 0.1) is 0 Å². The smallest absolute Gasteiger partial charge is 0.0340 e. The van der Waals surface area contributed by atoms with Gasteiger partial charge in [0.2, 0.25) is 0 Å². The Bertz CT molecular complexity index is 285. The first-order chi connectivity index (χ1) is 8.18. The van der Waals surface area contributed by atoms with E-state index in [4.69, 9.17) is 0 Å². The van der Waals surface area contributed by atoms with E-state index in [0.29, 0.717) is 0 Å². The van der Waals surface area contributed by atoms with Crippen LogP contribution in [0.3, 0.4) is 0 Å². The Labute approximate surface area is 105 Å². The van der Waals surface area contributed by atoms with Crippen molar-refractivity contribution in [3.05, 3.63) is 30.3 Å². The first-order valence-electron chi connectivity index (χ1n) is 6.30. The van der Waals surface area contributed by atoms with E-state index in [-0.39, 0.29) is 0 Å². The molecule has 1 aromatic carbocycles. The molecule has 0 fully saturated rings. The Morgan fingerprint density at radius 1 is 0.941 bits per heavy atom. The number of benzene rings is 1. The van der Waals surface area contributed by atoms with Crippen molar-refractivity contribution in [1.82, 2.24) is 9.80 Å². The lowest BCUT2D eigenvalue weighted by molar-refractivity contribution is 0.281. The molecule has 0 unspecified atom stereocenters. The number of rotatable bonds is 8. The third-order valence-corrected chi connectivity index (χ3v) is 2.75. The van der Waals surface area contributed by atoms with Gasteiger partial charge >= 0.3 is 0 Å². The summed E-state index contributed by atoms with van der Waals surface area (Å²) < 4.78 is 0. The predicted octanol–water partition coefficient (Wildman–Crippen LogP) is 1.98. The van der Waals surface area contributed by atoms with Crippen molar-refractivity contribution in [1.29, 1.82) is 0 Å². The maximum Gasteiger partial charge on any atom is 0.0340 e. The minimum atomic E-state index is 1.04. The van der Waals surface area contributed by atoms with Crippen LogP contribution in [0.5, 0.6) is 0 Å². The zero-order chi connectivity index (χ0) is 12.5. The van der Waals surface area contributed by atoms with Crippen molar-refractivity contribution < 1.29 is 0 Å². The number of para-hydroxylation sites is 1. The maximum absolute atomic E-state index is 3.43. The van der Waals surface area contributed by atoms with E-state index in [9.17, 15) is 0 Å². The quantitative estimate of drug-likeness (QED) is 0.695. The van der Waals surface area contributed by atoms with Gasteiger partial charge < -0.3 is 15.1 Å². The molecule has 3 nitrogen and oxygen atoms in total. The van der Waals surface area contributed by atoms with Crippen molar-refractivity contribution >= 4 is 5.69 Å². The van der Waals surface area contributed by atoms with Crippen LogP contribution in [0.1, 0.15) is 6.42 Å². The summed E-state index contributed by atoms with van der Waals surface area (Å²) in [5.41, 5.74) is 1.21. The Morgan fingerprint density at radius 3 is 2.29 bits per heavy atom. The van der Waals surface area contributed by atoms with Gasteiger partial charge in [-0.05, 0) is 46.2 Å². The lowest BCUT2D eigenvalue weighted by Gasteiger charge is -2.19. The molecule has 0 atom stereocenters. The summed E-state index contributed by atoms with van der Waals surface area (Å²) in [6.45, 7) is 4.45. The van der Waals surface area contributed by atoms with Gasteiger partial charge in [0.05, 0.1) is 0 Å². The van der Waals surface area contributed by atoms with Gasteiger partial charge in [0.1, 0.15) is 0 Å². The van der Waals surface area contributed by atoms with Crippen LogP contribution in [0.15, 0.2) is 30.3 Å². The zero-order valence-electron chi connectivity index (χ0n) is 11.3. The molecule has 1 rings (SSSR count). The van der Waals surface area contributed by atoms with Gasteiger partial charge in [0.15, 0.2) is 0 Å². The van der Waals surface area contributed by atoms with Crippen LogP contribution in [0.4, 0.5) is 5.69 Å². The third-order valence-electron chi connectivity index (χ3n) is 2.75. The number of nitrogens with zero attached hydrogens (tertiary/aromatic N) is 2. The van der Waals surface area contributed by atoms with E-state index in [0.717, 1.165) is 26.2 Å². The second-order valence-corrected chi connectivity index (χ2v) is 4.75. The zero-order valence-corrected chi connectivity index (χ0v) is 11.3. The van der Waals surface area contributed by atoms with Crippen LogP contribution in [-0.4, -0.2) is 57.1 Å². The Morgan fingerprint density at radius 2 is 1.65 bits per heavy atom.